The Hall–Kier alpha value is -2.14. The largest absolute Gasteiger partial charge is 0.478 e. The predicted molar refractivity (Wildman–Crippen MR) is 87.7 cm³/mol. The molecule has 1 N–H and O–H groups in total. The summed E-state index contributed by atoms with van der Waals surface area (Å²) in [5.74, 6) is -2.96. The maximum atomic E-state index is 14.2. The van der Waals surface area contributed by atoms with Gasteiger partial charge in [-0.2, -0.15) is 0 Å². The van der Waals surface area contributed by atoms with Crippen LogP contribution in [0.3, 0.4) is 0 Å². The van der Waals surface area contributed by atoms with Crippen LogP contribution >= 0.6 is 11.8 Å². The molecule has 0 radical (unpaired) electrons. The highest BCUT2D eigenvalue weighted by atomic mass is 32.2. The molecule has 0 saturated carbocycles. The minimum Gasteiger partial charge on any atom is -0.478 e. The van der Waals surface area contributed by atoms with Crippen molar-refractivity contribution in [3.63, 3.8) is 0 Å². The Kier molecular flexibility index (Phi) is 5.55. The lowest BCUT2D eigenvalue weighted by molar-refractivity contribution is -0.131. The molecule has 0 unspecified atom stereocenters. The van der Waals surface area contributed by atoms with E-state index in [0.717, 1.165) is 34.4 Å². The maximum absolute atomic E-state index is 14.2. The Labute approximate surface area is 137 Å². The van der Waals surface area contributed by atoms with Crippen LogP contribution in [-0.2, 0) is 4.79 Å². The van der Waals surface area contributed by atoms with Crippen LogP contribution in [0.4, 0.5) is 8.78 Å². The zero-order valence-electron chi connectivity index (χ0n) is 12.7. The Morgan fingerprint density at radius 2 is 1.78 bits per heavy atom. The van der Waals surface area contributed by atoms with E-state index < -0.39 is 17.6 Å². The van der Waals surface area contributed by atoms with E-state index in [1.807, 2.05) is 38.1 Å². The minimum atomic E-state index is -1.21. The molecule has 2 aromatic carbocycles. The van der Waals surface area contributed by atoms with Crippen molar-refractivity contribution in [3.8, 4) is 0 Å². The monoisotopic (exact) mass is 334 g/mol. The third-order valence-corrected chi connectivity index (χ3v) is 4.37. The summed E-state index contributed by atoms with van der Waals surface area (Å²) in [6, 6.07) is 10.4. The van der Waals surface area contributed by atoms with E-state index in [0.29, 0.717) is 0 Å². The lowest BCUT2D eigenvalue weighted by Crippen LogP contribution is -1.95. The quantitative estimate of drug-likeness (QED) is 0.750. The fourth-order valence-corrected chi connectivity index (χ4v) is 3.20. The van der Waals surface area contributed by atoms with Crippen molar-refractivity contribution < 1.29 is 18.7 Å². The van der Waals surface area contributed by atoms with Crippen molar-refractivity contribution in [2.45, 2.75) is 29.6 Å². The summed E-state index contributed by atoms with van der Waals surface area (Å²) in [5.41, 5.74) is 0.971. The van der Waals surface area contributed by atoms with Gasteiger partial charge in [-0.25, -0.2) is 13.6 Å². The van der Waals surface area contributed by atoms with Crippen LogP contribution < -0.4 is 0 Å². The van der Waals surface area contributed by atoms with E-state index in [9.17, 15) is 13.6 Å². The Morgan fingerprint density at radius 1 is 1.09 bits per heavy atom. The molecule has 23 heavy (non-hydrogen) atoms. The zero-order valence-corrected chi connectivity index (χ0v) is 13.5. The third kappa shape index (κ3) is 4.20. The van der Waals surface area contributed by atoms with E-state index in [2.05, 4.69) is 0 Å². The molecule has 2 rings (SSSR count). The molecule has 0 aromatic heterocycles. The molecule has 0 spiro atoms. The van der Waals surface area contributed by atoms with Crippen molar-refractivity contribution in [2.75, 3.05) is 0 Å². The first-order valence-electron chi connectivity index (χ1n) is 7.06. The molecule has 2 aromatic rings. The first kappa shape index (κ1) is 17.2. The molecule has 0 atom stereocenters. The van der Waals surface area contributed by atoms with Crippen LogP contribution in [0, 0.1) is 11.6 Å². The SMILES string of the molecule is CC(C)c1ccccc1Sc1ccc(/C=C/C(=O)O)c(F)c1F. The van der Waals surface area contributed by atoms with Gasteiger partial charge in [-0.1, -0.05) is 49.9 Å². The van der Waals surface area contributed by atoms with Crippen LogP contribution in [-0.4, -0.2) is 11.1 Å². The van der Waals surface area contributed by atoms with E-state index in [4.69, 9.17) is 5.11 Å². The lowest BCUT2D eigenvalue weighted by atomic mass is 10.0. The fourth-order valence-electron chi connectivity index (χ4n) is 2.08. The van der Waals surface area contributed by atoms with Gasteiger partial charge in [0, 0.05) is 16.5 Å². The number of aliphatic carboxylic acids is 1. The number of hydrogen-bond acceptors (Lipinski definition) is 2. The number of carboxylic acid groups (broad SMARTS) is 1. The summed E-state index contributed by atoms with van der Waals surface area (Å²) in [6.45, 7) is 4.08. The molecule has 0 saturated heterocycles. The van der Waals surface area contributed by atoms with E-state index in [-0.39, 0.29) is 16.4 Å². The normalized spacial score (nSPS) is 11.3. The molecule has 0 heterocycles. The van der Waals surface area contributed by atoms with Gasteiger partial charge in [0.05, 0.1) is 4.90 Å². The first-order chi connectivity index (χ1) is 10.9. The van der Waals surface area contributed by atoms with E-state index in [1.165, 1.54) is 12.1 Å². The van der Waals surface area contributed by atoms with Gasteiger partial charge < -0.3 is 5.11 Å². The molecule has 0 aliphatic heterocycles. The standard InChI is InChI=1S/C18H16F2O2S/c1-11(2)13-5-3-4-6-14(13)23-15-9-7-12(8-10-16(21)22)17(19)18(15)20/h3-11H,1-2H3,(H,21,22)/b10-8+. The highest BCUT2D eigenvalue weighted by Gasteiger charge is 2.15. The van der Waals surface area contributed by atoms with Gasteiger partial charge in [0.15, 0.2) is 11.6 Å². The number of halogens is 2. The molecule has 0 aliphatic carbocycles. The van der Waals surface area contributed by atoms with Gasteiger partial charge in [0.25, 0.3) is 0 Å². The minimum absolute atomic E-state index is 0.0913. The molecule has 5 heteroatoms. The first-order valence-corrected chi connectivity index (χ1v) is 7.87. The second kappa shape index (κ2) is 7.42. The van der Waals surface area contributed by atoms with Crippen LogP contribution in [0.2, 0.25) is 0 Å². The van der Waals surface area contributed by atoms with Crippen LogP contribution in [0.15, 0.2) is 52.3 Å². The van der Waals surface area contributed by atoms with Crippen molar-refractivity contribution in [3.05, 3.63) is 65.2 Å². The number of carbonyl (C=O) groups is 1. The van der Waals surface area contributed by atoms with Crippen LogP contribution in [0.5, 0.6) is 0 Å². The van der Waals surface area contributed by atoms with Crippen LogP contribution in [0.1, 0.15) is 30.9 Å². The topological polar surface area (TPSA) is 37.3 Å². The Balaban J connectivity index is 2.36. The molecular formula is C18H16F2O2S. The Morgan fingerprint density at radius 3 is 2.43 bits per heavy atom. The third-order valence-electron chi connectivity index (χ3n) is 3.24. The van der Waals surface area contributed by atoms with E-state index >= 15 is 0 Å². The Bertz CT molecular complexity index is 755. The van der Waals surface area contributed by atoms with Gasteiger partial charge >= 0.3 is 5.97 Å². The number of hydrogen-bond donors (Lipinski definition) is 1. The predicted octanol–water partition coefficient (Wildman–Crippen LogP) is 5.34. The fraction of sp³-hybridized carbons (Fsp3) is 0.167. The van der Waals surface area contributed by atoms with Crippen molar-refractivity contribution >= 4 is 23.8 Å². The highest BCUT2D eigenvalue weighted by Crippen LogP contribution is 2.36. The summed E-state index contributed by atoms with van der Waals surface area (Å²) in [7, 11) is 0. The van der Waals surface area contributed by atoms with Crippen molar-refractivity contribution in [1.82, 2.24) is 0 Å². The van der Waals surface area contributed by atoms with Crippen molar-refractivity contribution in [1.29, 1.82) is 0 Å². The highest BCUT2D eigenvalue weighted by molar-refractivity contribution is 7.99. The summed E-state index contributed by atoms with van der Waals surface area (Å²) in [6.07, 6.45) is 1.82. The van der Waals surface area contributed by atoms with Gasteiger partial charge in [-0.05, 0) is 29.7 Å². The van der Waals surface area contributed by atoms with Gasteiger partial charge in [-0.3, -0.25) is 0 Å². The second-order valence-corrected chi connectivity index (χ2v) is 6.33. The van der Waals surface area contributed by atoms with Crippen molar-refractivity contribution in [2.24, 2.45) is 0 Å². The zero-order chi connectivity index (χ0) is 17.0. The molecule has 0 amide bonds. The maximum Gasteiger partial charge on any atom is 0.328 e. The smallest absolute Gasteiger partial charge is 0.328 e. The van der Waals surface area contributed by atoms with Gasteiger partial charge in [0.1, 0.15) is 0 Å². The lowest BCUT2D eigenvalue weighted by Gasteiger charge is -2.13. The molecule has 0 fully saturated rings. The summed E-state index contributed by atoms with van der Waals surface area (Å²) >= 11 is 1.16. The summed E-state index contributed by atoms with van der Waals surface area (Å²) < 4.78 is 28.3. The number of rotatable bonds is 5. The molecule has 0 bridgehead atoms. The number of benzene rings is 2. The molecule has 2 nitrogen and oxygen atoms in total. The van der Waals surface area contributed by atoms with Crippen LogP contribution in [0.25, 0.3) is 6.08 Å². The average molecular weight is 334 g/mol. The van der Waals surface area contributed by atoms with Gasteiger partial charge in [-0.15, -0.1) is 0 Å². The number of carboxylic acids is 1. The molecular weight excluding hydrogens is 318 g/mol. The molecule has 120 valence electrons. The average Bonchev–Trinajstić information content (AvgIpc) is 2.51. The van der Waals surface area contributed by atoms with E-state index in [1.54, 1.807) is 0 Å². The second-order valence-electron chi connectivity index (χ2n) is 5.25. The summed E-state index contributed by atoms with van der Waals surface area (Å²) in [4.78, 5) is 11.5. The summed E-state index contributed by atoms with van der Waals surface area (Å²) in [5, 5.41) is 8.56. The van der Waals surface area contributed by atoms with Gasteiger partial charge in [0.2, 0.25) is 0 Å². The molecule has 0 aliphatic rings.